The molecule has 0 bridgehead atoms. The average Bonchev–Trinajstić information content (AvgIpc) is 2.36. The van der Waals surface area contributed by atoms with Crippen molar-refractivity contribution in [3.8, 4) is 0 Å². The van der Waals surface area contributed by atoms with Gasteiger partial charge >= 0.3 is 5.97 Å². The molecule has 1 saturated heterocycles. The number of ether oxygens (including phenoxy) is 1. The van der Waals surface area contributed by atoms with Crippen LogP contribution < -0.4 is 0 Å². The van der Waals surface area contributed by atoms with Gasteiger partial charge in [-0.05, 0) is 38.7 Å². The molecule has 19 heavy (non-hydrogen) atoms. The van der Waals surface area contributed by atoms with Gasteiger partial charge in [-0.15, -0.1) is 0 Å². The molecule has 1 aliphatic rings. The van der Waals surface area contributed by atoms with Crippen molar-refractivity contribution in [3.05, 3.63) is 35.9 Å². The van der Waals surface area contributed by atoms with Crippen molar-refractivity contribution in [3.63, 3.8) is 0 Å². The monoisotopic (exact) mass is 261 g/mol. The Bertz CT molecular complexity index is 428. The molecule has 1 unspecified atom stereocenters. The molecule has 0 aromatic heterocycles. The molecule has 1 aromatic rings. The first-order valence-electron chi connectivity index (χ1n) is 6.93. The van der Waals surface area contributed by atoms with E-state index in [-0.39, 0.29) is 17.6 Å². The summed E-state index contributed by atoms with van der Waals surface area (Å²) in [4.78, 5) is 13.9. The van der Waals surface area contributed by atoms with E-state index in [0.29, 0.717) is 0 Å². The van der Waals surface area contributed by atoms with Crippen molar-refractivity contribution < 1.29 is 9.53 Å². The smallest absolute Gasteiger partial charge is 0.323 e. The van der Waals surface area contributed by atoms with Crippen LogP contribution in [-0.2, 0) is 16.0 Å². The zero-order valence-electron chi connectivity index (χ0n) is 12.1. The van der Waals surface area contributed by atoms with Crippen molar-refractivity contribution in [2.45, 2.75) is 44.7 Å². The van der Waals surface area contributed by atoms with E-state index in [4.69, 9.17) is 4.74 Å². The highest BCUT2D eigenvalue weighted by Gasteiger charge is 2.42. The number of benzene rings is 1. The van der Waals surface area contributed by atoms with Gasteiger partial charge in [-0.1, -0.05) is 30.3 Å². The fourth-order valence-electron chi connectivity index (χ4n) is 2.73. The van der Waals surface area contributed by atoms with Gasteiger partial charge in [-0.3, -0.25) is 9.69 Å². The third-order valence-electron chi connectivity index (χ3n) is 4.14. The van der Waals surface area contributed by atoms with Gasteiger partial charge < -0.3 is 4.74 Å². The van der Waals surface area contributed by atoms with Gasteiger partial charge in [0.25, 0.3) is 0 Å². The first-order chi connectivity index (χ1) is 9.04. The lowest BCUT2D eigenvalue weighted by Gasteiger charge is -2.49. The third kappa shape index (κ3) is 3.16. The van der Waals surface area contributed by atoms with Crippen molar-refractivity contribution in [2.24, 2.45) is 0 Å². The summed E-state index contributed by atoms with van der Waals surface area (Å²) in [5, 5.41) is 0. The number of carbonyl (C=O) groups is 1. The predicted molar refractivity (Wildman–Crippen MR) is 76.0 cm³/mol. The third-order valence-corrected chi connectivity index (χ3v) is 4.14. The van der Waals surface area contributed by atoms with E-state index in [1.54, 1.807) is 0 Å². The standard InChI is InChI=1S/C16H23NO2/c1-16(2,11-9-13-7-5-4-6-8-13)17-12-10-14(17)15(18)19-3/h4-8,14H,9-12H2,1-3H3. The Hall–Kier alpha value is -1.35. The number of aryl methyl sites for hydroxylation is 1. The first-order valence-corrected chi connectivity index (χ1v) is 6.93. The minimum Gasteiger partial charge on any atom is -0.468 e. The number of hydrogen-bond donors (Lipinski definition) is 0. The fraction of sp³-hybridized carbons (Fsp3) is 0.562. The number of nitrogens with zero attached hydrogens (tertiary/aromatic N) is 1. The van der Waals surface area contributed by atoms with E-state index in [1.807, 2.05) is 6.07 Å². The second kappa shape index (κ2) is 5.74. The Labute approximate surface area is 115 Å². The van der Waals surface area contributed by atoms with E-state index in [1.165, 1.54) is 12.7 Å². The van der Waals surface area contributed by atoms with E-state index in [2.05, 4.69) is 43.0 Å². The lowest BCUT2D eigenvalue weighted by atomic mass is 9.87. The number of likely N-dealkylation sites (tertiary alicyclic amines) is 1. The summed E-state index contributed by atoms with van der Waals surface area (Å²) in [7, 11) is 1.47. The second-order valence-electron chi connectivity index (χ2n) is 5.82. The lowest BCUT2D eigenvalue weighted by Crippen LogP contribution is -2.61. The molecule has 104 valence electrons. The van der Waals surface area contributed by atoms with Crippen molar-refractivity contribution in [2.75, 3.05) is 13.7 Å². The Balaban J connectivity index is 1.93. The van der Waals surface area contributed by atoms with E-state index >= 15 is 0 Å². The van der Waals surface area contributed by atoms with Crippen LogP contribution in [0.25, 0.3) is 0 Å². The van der Waals surface area contributed by atoms with Gasteiger partial charge in [0.15, 0.2) is 0 Å². The quantitative estimate of drug-likeness (QED) is 0.763. The van der Waals surface area contributed by atoms with E-state index < -0.39 is 0 Å². The predicted octanol–water partition coefficient (Wildman–Crippen LogP) is 2.65. The Kier molecular flexibility index (Phi) is 4.25. The zero-order chi connectivity index (χ0) is 13.9. The molecule has 0 spiro atoms. The number of methoxy groups -OCH3 is 1. The van der Waals surface area contributed by atoms with Gasteiger partial charge in [0.2, 0.25) is 0 Å². The largest absolute Gasteiger partial charge is 0.468 e. The summed E-state index contributed by atoms with van der Waals surface area (Å²) in [6.45, 7) is 5.41. The minimum atomic E-state index is -0.0981. The molecule has 0 radical (unpaired) electrons. The van der Waals surface area contributed by atoms with Gasteiger partial charge in [0.05, 0.1) is 7.11 Å². The van der Waals surface area contributed by atoms with E-state index in [9.17, 15) is 4.79 Å². The number of esters is 1. The Morgan fingerprint density at radius 2 is 2.05 bits per heavy atom. The summed E-state index contributed by atoms with van der Waals surface area (Å²) in [5.74, 6) is -0.0981. The highest BCUT2D eigenvalue weighted by molar-refractivity contribution is 5.76. The maximum atomic E-state index is 11.7. The van der Waals surface area contributed by atoms with Gasteiger partial charge in [-0.25, -0.2) is 0 Å². The maximum absolute atomic E-state index is 11.7. The van der Waals surface area contributed by atoms with Crippen molar-refractivity contribution in [1.82, 2.24) is 4.90 Å². The van der Waals surface area contributed by atoms with Gasteiger partial charge in [-0.2, -0.15) is 0 Å². The number of carbonyl (C=O) groups excluding carboxylic acids is 1. The average molecular weight is 261 g/mol. The maximum Gasteiger partial charge on any atom is 0.323 e. The fourth-order valence-corrected chi connectivity index (χ4v) is 2.73. The summed E-state index contributed by atoms with van der Waals surface area (Å²) in [6, 6.07) is 10.5. The molecule has 1 aromatic carbocycles. The minimum absolute atomic E-state index is 0.0347. The molecular weight excluding hydrogens is 238 g/mol. The molecule has 0 N–H and O–H groups in total. The lowest BCUT2D eigenvalue weighted by molar-refractivity contribution is -0.157. The second-order valence-corrected chi connectivity index (χ2v) is 5.82. The van der Waals surface area contributed by atoms with Crippen molar-refractivity contribution in [1.29, 1.82) is 0 Å². The van der Waals surface area contributed by atoms with E-state index in [0.717, 1.165) is 25.8 Å². The van der Waals surface area contributed by atoms with Gasteiger partial charge in [0, 0.05) is 12.1 Å². The molecule has 0 saturated carbocycles. The highest BCUT2D eigenvalue weighted by Crippen LogP contribution is 2.31. The molecule has 1 fully saturated rings. The first kappa shape index (κ1) is 14.1. The molecule has 2 rings (SSSR count). The van der Waals surface area contributed by atoms with Crippen LogP contribution in [0.1, 0.15) is 32.3 Å². The van der Waals surface area contributed by atoms with Crippen LogP contribution in [0.4, 0.5) is 0 Å². The molecular formula is C16H23NO2. The Morgan fingerprint density at radius 3 is 2.58 bits per heavy atom. The molecule has 1 atom stereocenters. The molecule has 0 amide bonds. The summed E-state index contributed by atoms with van der Waals surface area (Å²) in [5.41, 5.74) is 1.39. The number of hydrogen-bond acceptors (Lipinski definition) is 3. The van der Waals surface area contributed by atoms with Crippen LogP contribution in [0.5, 0.6) is 0 Å². The van der Waals surface area contributed by atoms with Gasteiger partial charge in [0.1, 0.15) is 6.04 Å². The summed E-state index contributed by atoms with van der Waals surface area (Å²) >= 11 is 0. The van der Waals surface area contributed by atoms with Crippen LogP contribution in [0.15, 0.2) is 30.3 Å². The molecule has 0 aliphatic carbocycles. The molecule has 3 nitrogen and oxygen atoms in total. The summed E-state index contributed by atoms with van der Waals surface area (Å²) in [6.07, 6.45) is 3.00. The van der Waals surface area contributed by atoms with Crippen LogP contribution in [0, 0.1) is 0 Å². The normalized spacial score (nSPS) is 19.8. The highest BCUT2D eigenvalue weighted by atomic mass is 16.5. The topological polar surface area (TPSA) is 29.5 Å². The SMILES string of the molecule is COC(=O)C1CCN1C(C)(C)CCc1ccccc1. The van der Waals surface area contributed by atoms with Crippen LogP contribution in [0.2, 0.25) is 0 Å². The molecule has 3 heteroatoms. The van der Waals surface area contributed by atoms with Crippen LogP contribution in [-0.4, -0.2) is 36.1 Å². The molecule has 1 heterocycles. The number of rotatable bonds is 5. The van der Waals surface area contributed by atoms with Crippen molar-refractivity contribution >= 4 is 5.97 Å². The van der Waals surface area contributed by atoms with Crippen LogP contribution in [0.3, 0.4) is 0 Å². The Morgan fingerprint density at radius 1 is 1.37 bits per heavy atom. The summed E-state index contributed by atoms with van der Waals surface area (Å²) < 4.78 is 4.86. The molecule has 1 aliphatic heterocycles. The zero-order valence-corrected chi connectivity index (χ0v) is 12.1. The van der Waals surface area contributed by atoms with Crippen LogP contribution >= 0.6 is 0 Å².